The number of rotatable bonds is 2. The maximum atomic E-state index is 12.6. The van der Waals surface area contributed by atoms with Gasteiger partial charge in [-0.1, -0.05) is 0 Å². The van der Waals surface area contributed by atoms with E-state index in [4.69, 9.17) is 4.74 Å². The van der Waals surface area contributed by atoms with Crippen molar-refractivity contribution in [1.29, 1.82) is 0 Å². The zero-order valence-electron chi connectivity index (χ0n) is 11.0. The summed E-state index contributed by atoms with van der Waals surface area (Å²) in [6.07, 6.45) is 1.24. The monoisotopic (exact) mass is 276 g/mol. The molecule has 3 heterocycles. The summed E-state index contributed by atoms with van der Waals surface area (Å²) in [5.74, 6) is 0.324. The Bertz CT molecular complexity index is 597. The highest BCUT2D eigenvalue weighted by molar-refractivity contribution is 5.98. The van der Waals surface area contributed by atoms with Gasteiger partial charge in [0.05, 0.1) is 24.5 Å². The molecule has 1 aliphatic carbocycles. The maximum Gasteiger partial charge on any atom is 0.337 e. The normalized spacial score (nSPS) is 27.1. The molecule has 2 aliphatic heterocycles. The summed E-state index contributed by atoms with van der Waals surface area (Å²) in [5, 5.41) is 9.26. The minimum Gasteiger partial charge on any atom is -0.478 e. The van der Waals surface area contributed by atoms with E-state index in [9.17, 15) is 14.7 Å². The molecular formula is C14H16N2O4. The largest absolute Gasteiger partial charge is 0.478 e. The van der Waals surface area contributed by atoms with Crippen LogP contribution in [0.2, 0.25) is 0 Å². The first kappa shape index (κ1) is 12.0. The molecule has 1 aromatic rings. The van der Waals surface area contributed by atoms with Crippen molar-refractivity contribution < 1.29 is 19.4 Å². The number of aromatic carboxylic acids is 1. The molecule has 0 spiro atoms. The van der Waals surface area contributed by atoms with E-state index >= 15 is 0 Å². The number of carboxylic acids is 1. The van der Waals surface area contributed by atoms with Gasteiger partial charge in [0.1, 0.15) is 5.69 Å². The standard InChI is InChI=1S/C14H16N2O4/c17-13(15-5-8-3-9(8)6-15)11-4-10(14(18)19)12-7-20-2-1-16(11)12/h4,8-9H,1-3,5-7H2,(H,18,19). The van der Waals surface area contributed by atoms with Crippen molar-refractivity contribution in [3.8, 4) is 0 Å². The molecule has 3 aliphatic rings. The van der Waals surface area contributed by atoms with Crippen LogP contribution in [0.1, 0.15) is 33.0 Å². The van der Waals surface area contributed by atoms with Crippen molar-refractivity contribution in [2.24, 2.45) is 11.8 Å². The number of nitrogens with zero attached hydrogens (tertiary/aromatic N) is 2. The Labute approximate surface area is 115 Å². The molecule has 106 valence electrons. The van der Waals surface area contributed by atoms with E-state index in [1.807, 2.05) is 9.47 Å². The van der Waals surface area contributed by atoms with Crippen molar-refractivity contribution in [2.45, 2.75) is 19.6 Å². The molecule has 0 aromatic carbocycles. The second-order valence-electron chi connectivity index (χ2n) is 5.87. The number of likely N-dealkylation sites (tertiary alicyclic amines) is 1. The molecule has 1 saturated heterocycles. The summed E-state index contributed by atoms with van der Waals surface area (Å²) in [7, 11) is 0. The van der Waals surface area contributed by atoms with E-state index in [1.54, 1.807) is 0 Å². The smallest absolute Gasteiger partial charge is 0.337 e. The number of carbonyl (C=O) groups excluding carboxylic acids is 1. The number of fused-ring (bicyclic) bond motifs is 2. The van der Waals surface area contributed by atoms with Crippen molar-refractivity contribution in [2.75, 3.05) is 19.7 Å². The van der Waals surface area contributed by atoms with Gasteiger partial charge >= 0.3 is 5.97 Å². The fraction of sp³-hybridized carbons (Fsp3) is 0.571. The van der Waals surface area contributed by atoms with Gasteiger partial charge in [-0.25, -0.2) is 4.79 Å². The molecule has 2 fully saturated rings. The van der Waals surface area contributed by atoms with Crippen molar-refractivity contribution >= 4 is 11.9 Å². The molecular weight excluding hydrogens is 260 g/mol. The molecule has 0 radical (unpaired) electrons. The summed E-state index contributed by atoms with van der Waals surface area (Å²) in [6.45, 7) is 2.97. The molecule has 6 heteroatoms. The van der Waals surface area contributed by atoms with Crippen LogP contribution < -0.4 is 0 Å². The first-order chi connectivity index (χ1) is 9.65. The van der Waals surface area contributed by atoms with Gasteiger partial charge in [-0.15, -0.1) is 0 Å². The first-order valence-corrected chi connectivity index (χ1v) is 6.98. The van der Waals surface area contributed by atoms with E-state index in [0.29, 0.717) is 36.4 Å². The molecule has 1 N–H and O–H groups in total. The highest BCUT2D eigenvalue weighted by Crippen LogP contribution is 2.45. The highest BCUT2D eigenvalue weighted by atomic mass is 16.5. The number of aromatic nitrogens is 1. The van der Waals surface area contributed by atoms with Crippen LogP contribution >= 0.6 is 0 Å². The number of hydrogen-bond donors (Lipinski definition) is 1. The lowest BCUT2D eigenvalue weighted by Crippen LogP contribution is -2.33. The van der Waals surface area contributed by atoms with Crippen molar-refractivity contribution in [1.82, 2.24) is 9.47 Å². The summed E-state index contributed by atoms with van der Waals surface area (Å²) in [5.41, 5.74) is 1.30. The second-order valence-corrected chi connectivity index (χ2v) is 5.87. The molecule has 1 amide bonds. The summed E-state index contributed by atoms with van der Waals surface area (Å²) < 4.78 is 7.14. The average molecular weight is 276 g/mol. The quantitative estimate of drug-likeness (QED) is 0.867. The Morgan fingerprint density at radius 2 is 2.05 bits per heavy atom. The van der Waals surface area contributed by atoms with E-state index in [0.717, 1.165) is 13.1 Å². The van der Waals surface area contributed by atoms with Crippen LogP contribution in [0.3, 0.4) is 0 Å². The average Bonchev–Trinajstić information content (AvgIpc) is 2.89. The lowest BCUT2D eigenvalue weighted by molar-refractivity contribution is 0.0646. The van der Waals surface area contributed by atoms with Crippen molar-refractivity contribution in [3.05, 3.63) is 23.0 Å². The summed E-state index contributed by atoms with van der Waals surface area (Å²) in [6, 6.07) is 1.51. The second kappa shape index (κ2) is 4.09. The van der Waals surface area contributed by atoms with Gasteiger partial charge in [0, 0.05) is 19.6 Å². The predicted molar refractivity (Wildman–Crippen MR) is 68.5 cm³/mol. The van der Waals surface area contributed by atoms with Gasteiger partial charge in [0.25, 0.3) is 5.91 Å². The van der Waals surface area contributed by atoms with Gasteiger partial charge in [0.15, 0.2) is 0 Å². The van der Waals surface area contributed by atoms with E-state index in [2.05, 4.69) is 0 Å². The number of carboxylic acid groups (broad SMARTS) is 1. The minimum absolute atomic E-state index is 0.0344. The van der Waals surface area contributed by atoms with Crippen LogP contribution in [0.5, 0.6) is 0 Å². The van der Waals surface area contributed by atoms with Crippen LogP contribution in [0.25, 0.3) is 0 Å². The summed E-state index contributed by atoms with van der Waals surface area (Å²) >= 11 is 0. The molecule has 4 rings (SSSR count). The third-order valence-corrected chi connectivity index (χ3v) is 4.62. The maximum absolute atomic E-state index is 12.6. The highest BCUT2D eigenvalue weighted by Gasteiger charge is 2.47. The minimum atomic E-state index is -0.998. The molecule has 0 bridgehead atoms. The third kappa shape index (κ3) is 1.67. The SMILES string of the molecule is O=C(O)c1cc(C(=O)N2CC3CC3C2)n2c1COCC2. The zero-order valence-corrected chi connectivity index (χ0v) is 11.0. The molecule has 20 heavy (non-hydrogen) atoms. The van der Waals surface area contributed by atoms with Crippen LogP contribution in [-0.4, -0.2) is 46.1 Å². The number of amides is 1. The van der Waals surface area contributed by atoms with Crippen LogP contribution in [0.15, 0.2) is 6.07 Å². The van der Waals surface area contributed by atoms with Gasteiger partial charge in [-0.2, -0.15) is 0 Å². The van der Waals surface area contributed by atoms with Gasteiger partial charge in [0.2, 0.25) is 0 Å². The fourth-order valence-corrected chi connectivity index (χ4v) is 3.41. The Hall–Kier alpha value is -1.82. The lowest BCUT2D eigenvalue weighted by atomic mass is 10.2. The van der Waals surface area contributed by atoms with Crippen LogP contribution in [0.4, 0.5) is 0 Å². The molecule has 6 nitrogen and oxygen atoms in total. The topological polar surface area (TPSA) is 71.8 Å². The third-order valence-electron chi connectivity index (χ3n) is 4.62. The number of ether oxygens (including phenoxy) is 1. The number of carbonyl (C=O) groups is 2. The molecule has 1 saturated carbocycles. The Morgan fingerprint density at radius 1 is 1.30 bits per heavy atom. The van der Waals surface area contributed by atoms with Crippen molar-refractivity contribution in [3.63, 3.8) is 0 Å². The Balaban J connectivity index is 1.70. The van der Waals surface area contributed by atoms with E-state index in [-0.39, 0.29) is 18.1 Å². The molecule has 1 aromatic heterocycles. The van der Waals surface area contributed by atoms with Crippen LogP contribution in [0, 0.1) is 11.8 Å². The number of piperidine rings is 1. The molecule has 2 unspecified atom stereocenters. The Kier molecular flexibility index (Phi) is 2.44. The zero-order chi connectivity index (χ0) is 13.9. The van der Waals surface area contributed by atoms with E-state index in [1.165, 1.54) is 12.5 Å². The first-order valence-electron chi connectivity index (χ1n) is 6.98. The lowest BCUT2D eigenvalue weighted by Gasteiger charge is -2.22. The predicted octanol–water partition coefficient (Wildman–Crippen LogP) is 0.808. The van der Waals surface area contributed by atoms with Gasteiger partial charge < -0.3 is 19.3 Å². The van der Waals surface area contributed by atoms with Gasteiger partial charge in [-0.3, -0.25) is 4.79 Å². The van der Waals surface area contributed by atoms with Crippen LogP contribution in [-0.2, 0) is 17.9 Å². The van der Waals surface area contributed by atoms with E-state index < -0.39 is 5.97 Å². The summed E-state index contributed by atoms with van der Waals surface area (Å²) in [4.78, 5) is 25.8. The molecule has 2 atom stereocenters. The number of hydrogen-bond acceptors (Lipinski definition) is 3. The Morgan fingerprint density at radius 3 is 2.75 bits per heavy atom. The fourth-order valence-electron chi connectivity index (χ4n) is 3.41. The van der Waals surface area contributed by atoms with Gasteiger partial charge in [-0.05, 0) is 24.3 Å².